The molecule has 138 valence electrons. The highest BCUT2D eigenvalue weighted by Crippen LogP contribution is 2.28. The monoisotopic (exact) mass is 375 g/mol. The summed E-state index contributed by atoms with van der Waals surface area (Å²) < 4.78 is 15.5. The molecule has 2 N–H and O–H groups in total. The summed E-state index contributed by atoms with van der Waals surface area (Å²) in [7, 11) is 0. The second-order valence-electron chi connectivity index (χ2n) is 6.23. The molecule has 1 atom stereocenters. The average Bonchev–Trinajstić information content (AvgIpc) is 3.10. The third-order valence-corrected chi connectivity index (χ3v) is 4.56. The van der Waals surface area contributed by atoms with Gasteiger partial charge >= 0.3 is 5.69 Å². The van der Waals surface area contributed by atoms with Crippen LogP contribution in [0.5, 0.6) is 0 Å². The predicted molar refractivity (Wildman–Crippen MR) is 102 cm³/mol. The minimum absolute atomic E-state index is 0.0990. The summed E-state index contributed by atoms with van der Waals surface area (Å²) in [6, 6.07) is 7.33. The summed E-state index contributed by atoms with van der Waals surface area (Å²) in [5.74, 6) is 1.82. The number of nitrogens with zero attached hydrogens (tertiary/aromatic N) is 3. The minimum atomic E-state index is -0.647. The lowest BCUT2D eigenvalue weighted by atomic mass is 10.0. The van der Waals surface area contributed by atoms with E-state index in [0.29, 0.717) is 22.3 Å². The van der Waals surface area contributed by atoms with Crippen molar-refractivity contribution in [1.82, 2.24) is 24.7 Å². The Kier molecular flexibility index (Phi) is 4.12. The molecule has 0 radical (unpaired) electrons. The van der Waals surface area contributed by atoms with Crippen LogP contribution in [-0.4, -0.2) is 24.7 Å². The van der Waals surface area contributed by atoms with Gasteiger partial charge in [0.05, 0.1) is 17.3 Å². The number of pyridine rings is 1. The van der Waals surface area contributed by atoms with Crippen molar-refractivity contribution in [2.24, 2.45) is 0 Å². The van der Waals surface area contributed by atoms with Crippen molar-refractivity contribution in [2.75, 3.05) is 0 Å². The van der Waals surface area contributed by atoms with Gasteiger partial charge in [0, 0.05) is 23.3 Å². The Bertz CT molecular complexity index is 1350. The number of hydrogen-bond donors (Lipinski definition) is 2. The Hall–Kier alpha value is -3.99. The van der Waals surface area contributed by atoms with Crippen LogP contribution < -0.4 is 11.2 Å². The molecular weight excluding hydrogens is 361 g/mol. The third kappa shape index (κ3) is 2.79. The van der Waals surface area contributed by atoms with Gasteiger partial charge in [0.2, 0.25) is 0 Å². The maximum atomic E-state index is 14.2. The summed E-state index contributed by atoms with van der Waals surface area (Å²) in [6.07, 6.45) is 8.42. The highest BCUT2D eigenvalue weighted by atomic mass is 19.1. The van der Waals surface area contributed by atoms with Gasteiger partial charge in [0.1, 0.15) is 17.0 Å². The summed E-state index contributed by atoms with van der Waals surface area (Å²) in [5.41, 5.74) is 0.384. The van der Waals surface area contributed by atoms with Gasteiger partial charge in [-0.15, -0.1) is 6.42 Å². The van der Waals surface area contributed by atoms with Crippen molar-refractivity contribution in [1.29, 1.82) is 0 Å². The average molecular weight is 375 g/mol. The van der Waals surface area contributed by atoms with E-state index in [9.17, 15) is 14.0 Å². The quantitative estimate of drug-likeness (QED) is 0.537. The molecule has 0 saturated carbocycles. The zero-order valence-corrected chi connectivity index (χ0v) is 14.7. The van der Waals surface area contributed by atoms with Crippen molar-refractivity contribution in [3.05, 3.63) is 80.8 Å². The van der Waals surface area contributed by atoms with E-state index in [4.69, 9.17) is 6.42 Å². The van der Waals surface area contributed by atoms with Crippen LogP contribution in [0.25, 0.3) is 22.0 Å². The van der Waals surface area contributed by atoms with E-state index >= 15 is 0 Å². The van der Waals surface area contributed by atoms with Gasteiger partial charge in [-0.3, -0.25) is 24.4 Å². The molecule has 0 aliphatic heterocycles. The lowest BCUT2D eigenvalue weighted by Crippen LogP contribution is -2.32. The summed E-state index contributed by atoms with van der Waals surface area (Å²) in [4.78, 5) is 31.4. The van der Waals surface area contributed by atoms with E-state index in [1.54, 1.807) is 31.3 Å². The van der Waals surface area contributed by atoms with Crippen molar-refractivity contribution in [2.45, 2.75) is 13.0 Å². The molecule has 3 aromatic heterocycles. The van der Waals surface area contributed by atoms with Gasteiger partial charge in [-0.2, -0.15) is 5.10 Å². The van der Waals surface area contributed by atoms with Crippen LogP contribution in [0, 0.1) is 18.2 Å². The molecule has 0 amide bonds. The van der Waals surface area contributed by atoms with Crippen LogP contribution in [0.2, 0.25) is 0 Å². The number of H-pyrrole nitrogens is 2. The molecule has 0 aliphatic rings. The maximum absolute atomic E-state index is 14.2. The van der Waals surface area contributed by atoms with Gasteiger partial charge in [-0.1, -0.05) is 12.0 Å². The van der Waals surface area contributed by atoms with Crippen molar-refractivity contribution in [3.63, 3.8) is 0 Å². The number of nitrogens with one attached hydrogen (secondary N) is 2. The van der Waals surface area contributed by atoms with Crippen LogP contribution in [0.3, 0.4) is 0 Å². The molecule has 4 aromatic rings. The topological polar surface area (TPSA) is 96.4 Å². The van der Waals surface area contributed by atoms with Crippen LogP contribution in [0.4, 0.5) is 4.39 Å². The number of terminal acetylenes is 1. The van der Waals surface area contributed by atoms with Gasteiger partial charge < -0.3 is 0 Å². The molecule has 28 heavy (non-hydrogen) atoms. The molecule has 0 saturated heterocycles. The first kappa shape index (κ1) is 17.4. The fraction of sp³-hybridized carbons (Fsp3) is 0.100. The van der Waals surface area contributed by atoms with E-state index < -0.39 is 23.1 Å². The Morgan fingerprint density at radius 1 is 1.25 bits per heavy atom. The molecule has 0 fully saturated rings. The highest BCUT2D eigenvalue weighted by Gasteiger charge is 2.18. The molecule has 0 spiro atoms. The Morgan fingerprint density at radius 2 is 2.07 bits per heavy atom. The first-order valence-electron chi connectivity index (χ1n) is 8.40. The van der Waals surface area contributed by atoms with E-state index in [0.717, 1.165) is 0 Å². The molecular formula is C20H14FN5O2. The Labute approximate surface area is 157 Å². The molecule has 1 aromatic carbocycles. The molecule has 1 unspecified atom stereocenters. The normalized spacial score (nSPS) is 12.0. The number of hydrogen-bond acceptors (Lipinski definition) is 4. The second-order valence-corrected chi connectivity index (χ2v) is 6.23. The predicted octanol–water partition coefficient (Wildman–Crippen LogP) is 2.20. The van der Waals surface area contributed by atoms with E-state index in [1.807, 2.05) is 0 Å². The third-order valence-electron chi connectivity index (χ3n) is 4.56. The zero-order chi connectivity index (χ0) is 19.8. The number of rotatable bonds is 3. The van der Waals surface area contributed by atoms with Gasteiger partial charge in [0.15, 0.2) is 0 Å². The van der Waals surface area contributed by atoms with Crippen molar-refractivity contribution < 1.29 is 4.39 Å². The van der Waals surface area contributed by atoms with Crippen molar-refractivity contribution >= 4 is 10.9 Å². The lowest BCUT2D eigenvalue weighted by Gasteiger charge is -2.15. The SMILES string of the molecule is C#Cc1[nH]nc2c(-c3cn(C(C)c4ccccn4)c(=O)[nH]c3=O)cc(F)cc12. The maximum Gasteiger partial charge on any atom is 0.328 e. The van der Waals surface area contributed by atoms with E-state index in [-0.39, 0.29) is 11.1 Å². The first-order chi connectivity index (χ1) is 13.5. The summed E-state index contributed by atoms with van der Waals surface area (Å²) >= 11 is 0. The Morgan fingerprint density at radius 3 is 2.79 bits per heavy atom. The molecule has 7 nitrogen and oxygen atoms in total. The van der Waals surface area contributed by atoms with E-state index in [1.165, 1.54) is 22.9 Å². The molecule has 3 heterocycles. The summed E-state index contributed by atoms with van der Waals surface area (Å²) in [6.45, 7) is 1.78. The van der Waals surface area contributed by atoms with Gasteiger partial charge in [-0.05, 0) is 31.2 Å². The standard InChI is InChI=1S/C20H14FN5O2/c1-3-16-14-9-12(21)8-13(18(14)25-24-16)15-10-26(20(28)23-19(15)27)11(2)17-6-4-5-7-22-17/h1,4-11H,2H3,(H,24,25)(H,23,27,28). The van der Waals surface area contributed by atoms with Crippen LogP contribution in [-0.2, 0) is 0 Å². The largest absolute Gasteiger partial charge is 0.328 e. The lowest BCUT2D eigenvalue weighted by molar-refractivity contribution is 0.581. The second kappa shape index (κ2) is 6.63. The fourth-order valence-electron chi connectivity index (χ4n) is 3.13. The highest BCUT2D eigenvalue weighted by molar-refractivity contribution is 5.96. The van der Waals surface area contributed by atoms with Crippen LogP contribution >= 0.6 is 0 Å². The number of fused-ring (bicyclic) bond motifs is 1. The van der Waals surface area contributed by atoms with Crippen LogP contribution in [0.1, 0.15) is 24.4 Å². The molecule has 4 rings (SSSR count). The van der Waals surface area contributed by atoms with Crippen molar-refractivity contribution in [3.8, 4) is 23.5 Å². The minimum Gasteiger partial charge on any atom is -0.291 e. The van der Waals surface area contributed by atoms with E-state index in [2.05, 4.69) is 26.1 Å². The van der Waals surface area contributed by atoms with Gasteiger partial charge in [-0.25, -0.2) is 9.18 Å². The molecule has 0 aliphatic carbocycles. The number of aromatic nitrogens is 5. The first-order valence-corrected chi connectivity index (χ1v) is 8.40. The van der Waals surface area contributed by atoms with Crippen LogP contribution in [0.15, 0.2) is 52.3 Å². The number of benzene rings is 1. The number of aromatic amines is 2. The number of halogens is 1. The zero-order valence-electron chi connectivity index (χ0n) is 14.7. The molecule has 8 heteroatoms. The fourth-order valence-corrected chi connectivity index (χ4v) is 3.13. The smallest absolute Gasteiger partial charge is 0.291 e. The Balaban J connectivity index is 1.97. The summed E-state index contributed by atoms with van der Waals surface area (Å²) in [5, 5.41) is 7.15. The molecule has 0 bridgehead atoms. The van der Waals surface area contributed by atoms with Gasteiger partial charge in [0.25, 0.3) is 5.56 Å².